The van der Waals surface area contributed by atoms with Crippen LogP contribution in [0.4, 0.5) is 11.4 Å². The smallest absolute Gasteiger partial charge is 0.0620 e. The first-order chi connectivity index (χ1) is 17.7. The van der Waals surface area contributed by atoms with Crippen LogP contribution >= 0.6 is 0 Å². The summed E-state index contributed by atoms with van der Waals surface area (Å²) in [5.41, 5.74) is 10.5. The SMILES string of the molecule is CC(C)(C)c1ccc(Nc2ccc3c4cc(C(C)(C)C)cc5c6cc(C(C)(C)C)ccc6n(c3c2)c54)cc1. The first kappa shape index (κ1) is 24.8. The number of aromatic nitrogens is 1. The van der Waals surface area contributed by atoms with Gasteiger partial charge in [-0.2, -0.15) is 0 Å². The van der Waals surface area contributed by atoms with Crippen LogP contribution in [-0.2, 0) is 16.2 Å². The number of rotatable bonds is 2. The van der Waals surface area contributed by atoms with E-state index in [2.05, 4.69) is 145 Å². The van der Waals surface area contributed by atoms with E-state index in [0.29, 0.717) is 0 Å². The molecule has 0 amide bonds. The Labute approximate surface area is 227 Å². The van der Waals surface area contributed by atoms with E-state index in [1.54, 1.807) is 0 Å². The maximum atomic E-state index is 3.66. The summed E-state index contributed by atoms with van der Waals surface area (Å²) >= 11 is 0. The van der Waals surface area contributed by atoms with Gasteiger partial charge in [0.25, 0.3) is 0 Å². The number of anilines is 2. The molecule has 2 nitrogen and oxygen atoms in total. The Morgan fingerprint density at radius 1 is 0.447 bits per heavy atom. The average Bonchev–Trinajstić information content (AvgIpc) is 3.33. The highest BCUT2D eigenvalue weighted by Crippen LogP contribution is 2.43. The van der Waals surface area contributed by atoms with E-state index in [1.807, 2.05) is 0 Å². The summed E-state index contributed by atoms with van der Waals surface area (Å²) in [6.45, 7) is 20.6. The van der Waals surface area contributed by atoms with Gasteiger partial charge in [0.15, 0.2) is 0 Å². The monoisotopic (exact) mass is 500 g/mol. The molecule has 0 aliphatic carbocycles. The predicted molar refractivity (Wildman–Crippen MR) is 167 cm³/mol. The van der Waals surface area contributed by atoms with Crippen molar-refractivity contribution in [2.24, 2.45) is 0 Å². The largest absolute Gasteiger partial charge is 0.355 e. The van der Waals surface area contributed by atoms with E-state index in [9.17, 15) is 0 Å². The number of benzene rings is 4. The molecular formula is C36H40N2. The van der Waals surface area contributed by atoms with Crippen LogP contribution in [0, 0.1) is 0 Å². The molecule has 0 saturated heterocycles. The van der Waals surface area contributed by atoms with Crippen LogP contribution in [0.25, 0.3) is 38.1 Å². The standard InChI is InChI=1S/C36H40N2/c1-34(2,3)22-10-13-25(14-11-22)37-26-15-16-27-29-19-24(36(7,8)9)20-30-28-18-23(35(4,5)6)12-17-31(28)38(33(29)30)32(27)21-26/h10-21,37H,1-9H3. The fourth-order valence-electron chi connectivity index (χ4n) is 5.75. The summed E-state index contributed by atoms with van der Waals surface area (Å²) in [5, 5.41) is 9.03. The quantitative estimate of drug-likeness (QED) is 0.250. The second kappa shape index (κ2) is 7.99. The molecule has 0 fully saturated rings. The molecule has 2 heterocycles. The minimum absolute atomic E-state index is 0.0736. The van der Waals surface area contributed by atoms with Crippen LogP contribution in [-0.4, -0.2) is 4.40 Å². The summed E-state index contributed by atoms with van der Waals surface area (Å²) in [5.74, 6) is 0. The summed E-state index contributed by atoms with van der Waals surface area (Å²) in [6, 6.07) is 27.6. The Hall–Kier alpha value is -3.52. The Balaban J connectivity index is 1.59. The van der Waals surface area contributed by atoms with Crippen molar-refractivity contribution in [2.75, 3.05) is 5.32 Å². The number of hydrogen-bond donors (Lipinski definition) is 1. The highest BCUT2D eigenvalue weighted by Gasteiger charge is 2.24. The van der Waals surface area contributed by atoms with Gasteiger partial charge in [0.1, 0.15) is 0 Å². The Bertz CT molecular complexity index is 1810. The van der Waals surface area contributed by atoms with Crippen LogP contribution in [0.15, 0.2) is 72.8 Å². The predicted octanol–water partition coefficient (Wildman–Crippen LogP) is 10.5. The first-order valence-electron chi connectivity index (χ1n) is 13.9. The van der Waals surface area contributed by atoms with Crippen molar-refractivity contribution in [1.82, 2.24) is 4.40 Å². The fourth-order valence-corrected chi connectivity index (χ4v) is 5.75. The van der Waals surface area contributed by atoms with Crippen molar-refractivity contribution in [3.8, 4) is 0 Å². The normalized spacial score (nSPS) is 13.4. The Kier molecular flexibility index (Phi) is 5.21. The van der Waals surface area contributed by atoms with Crippen LogP contribution in [0.2, 0.25) is 0 Å². The number of fused-ring (bicyclic) bond motifs is 6. The summed E-state index contributed by atoms with van der Waals surface area (Å²) < 4.78 is 2.49. The fraction of sp³-hybridized carbons (Fsp3) is 0.333. The highest BCUT2D eigenvalue weighted by atomic mass is 14.9. The lowest BCUT2D eigenvalue weighted by atomic mass is 9.84. The highest BCUT2D eigenvalue weighted by molar-refractivity contribution is 6.24. The first-order valence-corrected chi connectivity index (χ1v) is 13.9. The van der Waals surface area contributed by atoms with E-state index in [0.717, 1.165) is 11.4 Å². The molecule has 0 bridgehead atoms. The Morgan fingerprint density at radius 3 is 1.58 bits per heavy atom. The zero-order valence-electron chi connectivity index (χ0n) is 24.4. The molecule has 6 aromatic rings. The number of nitrogens with one attached hydrogen (secondary N) is 1. The summed E-state index contributed by atoms with van der Waals surface area (Å²) in [4.78, 5) is 0. The van der Waals surface area contributed by atoms with Gasteiger partial charge >= 0.3 is 0 Å². The number of nitrogens with zero attached hydrogens (tertiary/aromatic N) is 1. The van der Waals surface area contributed by atoms with Gasteiger partial charge in [-0.05, 0) is 81.5 Å². The van der Waals surface area contributed by atoms with Gasteiger partial charge in [0.05, 0.1) is 16.6 Å². The minimum Gasteiger partial charge on any atom is -0.355 e. The maximum absolute atomic E-state index is 3.66. The molecule has 0 unspecified atom stereocenters. The van der Waals surface area contributed by atoms with E-state index < -0.39 is 0 Å². The van der Waals surface area contributed by atoms with Crippen LogP contribution in [0.1, 0.15) is 79.0 Å². The van der Waals surface area contributed by atoms with E-state index in [-0.39, 0.29) is 16.2 Å². The molecule has 6 rings (SSSR count). The molecule has 0 spiro atoms. The lowest BCUT2D eigenvalue weighted by Crippen LogP contribution is -2.11. The van der Waals surface area contributed by atoms with Crippen molar-refractivity contribution >= 4 is 49.5 Å². The zero-order chi connectivity index (χ0) is 27.2. The van der Waals surface area contributed by atoms with Crippen molar-refractivity contribution in [1.29, 1.82) is 0 Å². The molecule has 4 aromatic carbocycles. The molecule has 0 saturated carbocycles. The van der Waals surface area contributed by atoms with Gasteiger partial charge in [-0.1, -0.05) is 86.6 Å². The molecule has 0 aliphatic heterocycles. The third kappa shape index (κ3) is 3.93. The molecule has 2 heteroatoms. The van der Waals surface area contributed by atoms with Gasteiger partial charge in [-0.3, -0.25) is 0 Å². The molecule has 194 valence electrons. The molecule has 38 heavy (non-hydrogen) atoms. The lowest BCUT2D eigenvalue weighted by molar-refractivity contribution is 0.590. The van der Waals surface area contributed by atoms with Gasteiger partial charge in [-0.15, -0.1) is 0 Å². The van der Waals surface area contributed by atoms with Crippen molar-refractivity contribution in [3.63, 3.8) is 0 Å². The van der Waals surface area contributed by atoms with E-state index in [1.165, 1.54) is 54.8 Å². The van der Waals surface area contributed by atoms with Crippen molar-refractivity contribution in [2.45, 2.75) is 78.6 Å². The third-order valence-corrected chi connectivity index (χ3v) is 8.16. The van der Waals surface area contributed by atoms with Gasteiger partial charge in [-0.25, -0.2) is 0 Å². The second-order valence-corrected chi connectivity index (χ2v) is 14.2. The zero-order valence-corrected chi connectivity index (χ0v) is 24.4. The van der Waals surface area contributed by atoms with Crippen LogP contribution in [0.5, 0.6) is 0 Å². The lowest BCUT2D eigenvalue weighted by Gasteiger charge is -2.20. The van der Waals surface area contributed by atoms with E-state index >= 15 is 0 Å². The maximum Gasteiger partial charge on any atom is 0.0620 e. The third-order valence-electron chi connectivity index (χ3n) is 8.16. The molecule has 1 N–H and O–H groups in total. The van der Waals surface area contributed by atoms with Gasteiger partial charge in [0, 0.05) is 32.9 Å². The van der Waals surface area contributed by atoms with Crippen LogP contribution in [0.3, 0.4) is 0 Å². The molecule has 0 atom stereocenters. The molecule has 2 aromatic heterocycles. The van der Waals surface area contributed by atoms with Gasteiger partial charge < -0.3 is 9.72 Å². The Morgan fingerprint density at radius 2 is 0.974 bits per heavy atom. The minimum atomic E-state index is 0.0736. The average molecular weight is 501 g/mol. The molecular weight excluding hydrogens is 460 g/mol. The van der Waals surface area contributed by atoms with Crippen molar-refractivity contribution < 1.29 is 0 Å². The van der Waals surface area contributed by atoms with E-state index in [4.69, 9.17) is 0 Å². The molecule has 0 radical (unpaired) electrons. The van der Waals surface area contributed by atoms with Crippen LogP contribution < -0.4 is 5.32 Å². The summed E-state index contributed by atoms with van der Waals surface area (Å²) in [7, 11) is 0. The van der Waals surface area contributed by atoms with Crippen molar-refractivity contribution in [3.05, 3.63) is 89.5 Å². The number of hydrogen-bond acceptors (Lipinski definition) is 1. The topological polar surface area (TPSA) is 16.4 Å². The summed E-state index contributed by atoms with van der Waals surface area (Å²) in [6.07, 6.45) is 0. The van der Waals surface area contributed by atoms with Gasteiger partial charge in [0.2, 0.25) is 0 Å². The second-order valence-electron chi connectivity index (χ2n) is 14.2. The molecule has 0 aliphatic rings.